The number of rotatable bonds is 2. The summed E-state index contributed by atoms with van der Waals surface area (Å²) in [7, 11) is 0. The molecule has 1 saturated carbocycles. The molecule has 1 aliphatic carbocycles. The molecule has 1 aromatic rings. The lowest BCUT2D eigenvalue weighted by molar-refractivity contribution is 0.462. The van der Waals surface area contributed by atoms with Gasteiger partial charge in [-0.05, 0) is 34.8 Å². The van der Waals surface area contributed by atoms with E-state index >= 15 is 0 Å². The second-order valence-corrected chi connectivity index (χ2v) is 4.99. The van der Waals surface area contributed by atoms with E-state index in [0.29, 0.717) is 11.6 Å². The lowest BCUT2D eigenvalue weighted by Gasteiger charge is -2.23. The lowest BCUT2D eigenvalue weighted by Crippen LogP contribution is -2.22. The average molecular weight is 280 g/mol. The predicted octanol–water partition coefficient (Wildman–Crippen LogP) is 3.46. The quantitative estimate of drug-likeness (QED) is 0.902. The van der Waals surface area contributed by atoms with E-state index in [9.17, 15) is 0 Å². The van der Waals surface area contributed by atoms with Gasteiger partial charge in [0.1, 0.15) is 11.9 Å². The first kappa shape index (κ1) is 11.4. The van der Waals surface area contributed by atoms with Crippen LogP contribution in [0.4, 0.5) is 5.82 Å². The van der Waals surface area contributed by atoms with Crippen LogP contribution in [0.25, 0.3) is 0 Å². The SMILES string of the molecule is N#Cc1cc(NC2CCCCC2)ncc1Br. The highest BCUT2D eigenvalue weighted by atomic mass is 79.9. The van der Waals surface area contributed by atoms with E-state index in [1.807, 2.05) is 0 Å². The second kappa shape index (κ2) is 5.31. The Hall–Kier alpha value is -1.08. The Morgan fingerprint density at radius 3 is 2.81 bits per heavy atom. The number of nitrogens with zero attached hydrogens (tertiary/aromatic N) is 2. The Labute approximate surface area is 104 Å². The van der Waals surface area contributed by atoms with Gasteiger partial charge in [-0.3, -0.25) is 0 Å². The largest absolute Gasteiger partial charge is 0.367 e. The van der Waals surface area contributed by atoms with Gasteiger partial charge >= 0.3 is 0 Å². The maximum atomic E-state index is 8.91. The van der Waals surface area contributed by atoms with Crippen LogP contribution in [0.3, 0.4) is 0 Å². The summed E-state index contributed by atoms with van der Waals surface area (Å²) in [6.45, 7) is 0. The van der Waals surface area contributed by atoms with Gasteiger partial charge in [-0.1, -0.05) is 19.3 Å². The summed E-state index contributed by atoms with van der Waals surface area (Å²) in [5.74, 6) is 0.812. The zero-order chi connectivity index (χ0) is 11.4. The molecule has 0 aromatic carbocycles. The predicted molar refractivity (Wildman–Crippen MR) is 67.1 cm³/mol. The van der Waals surface area contributed by atoms with E-state index in [4.69, 9.17) is 5.26 Å². The number of hydrogen-bond donors (Lipinski definition) is 1. The highest BCUT2D eigenvalue weighted by molar-refractivity contribution is 9.10. The van der Waals surface area contributed by atoms with Crippen molar-refractivity contribution in [2.45, 2.75) is 38.1 Å². The Kier molecular flexibility index (Phi) is 3.79. The molecule has 0 spiro atoms. The summed E-state index contributed by atoms with van der Waals surface area (Å²) in [6, 6.07) is 4.47. The van der Waals surface area contributed by atoms with E-state index in [-0.39, 0.29) is 0 Å². The summed E-state index contributed by atoms with van der Waals surface area (Å²) >= 11 is 3.30. The Morgan fingerprint density at radius 2 is 2.12 bits per heavy atom. The van der Waals surface area contributed by atoms with Crippen LogP contribution >= 0.6 is 15.9 Å². The minimum absolute atomic E-state index is 0.522. The summed E-state index contributed by atoms with van der Waals surface area (Å²) in [5, 5.41) is 12.3. The van der Waals surface area contributed by atoms with Crippen molar-refractivity contribution in [3.05, 3.63) is 22.3 Å². The van der Waals surface area contributed by atoms with Crippen LogP contribution in [-0.2, 0) is 0 Å². The third kappa shape index (κ3) is 2.73. The van der Waals surface area contributed by atoms with Crippen LogP contribution in [0.2, 0.25) is 0 Å². The van der Waals surface area contributed by atoms with Crippen LogP contribution in [0.15, 0.2) is 16.7 Å². The van der Waals surface area contributed by atoms with Crippen molar-refractivity contribution in [3.63, 3.8) is 0 Å². The molecule has 0 saturated heterocycles. The Bertz CT molecular complexity index is 405. The first-order valence-corrected chi connectivity index (χ1v) is 6.41. The normalized spacial score (nSPS) is 16.8. The molecule has 0 aliphatic heterocycles. The van der Waals surface area contributed by atoms with E-state index in [0.717, 1.165) is 10.3 Å². The van der Waals surface area contributed by atoms with Gasteiger partial charge in [-0.15, -0.1) is 0 Å². The molecule has 4 heteroatoms. The van der Waals surface area contributed by atoms with Gasteiger partial charge in [0.05, 0.1) is 10.0 Å². The Balaban J connectivity index is 2.06. The summed E-state index contributed by atoms with van der Waals surface area (Å²) < 4.78 is 0.754. The monoisotopic (exact) mass is 279 g/mol. The Morgan fingerprint density at radius 1 is 1.38 bits per heavy atom. The molecule has 0 radical (unpaired) electrons. The van der Waals surface area contributed by atoms with E-state index < -0.39 is 0 Å². The van der Waals surface area contributed by atoms with Gasteiger partial charge in [0, 0.05) is 12.2 Å². The average Bonchev–Trinajstić information content (AvgIpc) is 2.33. The number of hydrogen-bond acceptors (Lipinski definition) is 3. The third-order valence-electron chi connectivity index (χ3n) is 2.93. The molecular weight excluding hydrogens is 266 g/mol. The number of aromatic nitrogens is 1. The molecule has 1 aliphatic rings. The summed E-state index contributed by atoms with van der Waals surface area (Å²) in [6.07, 6.45) is 8.02. The molecule has 84 valence electrons. The molecule has 0 amide bonds. The molecule has 0 bridgehead atoms. The van der Waals surface area contributed by atoms with Crippen molar-refractivity contribution < 1.29 is 0 Å². The topological polar surface area (TPSA) is 48.7 Å². The maximum absolute atomic E-state index is 8.91. The molecule has 1 N–H and O–H groups in total. The van der Waals surface area contributed by atoms with E-state index in [1.54, 1.807) is 12.3 Å². The highest BCUT2D eigenvalue weighted by Gasteiger charge is 2.13. The highest BCUT2D eigenvalue weighted by Crippen LogP contribution is 2.23. The van der Waals surface area contributed by atoms with E-state index in [2.05, 4.69) is 32.3 Å². The first-order chi connectivity index (χ1) is 7.79. The molecule has 1 heterocycles. The lowest BCUT2D eigenvalue weighted by atomic mass is 9.95. The smallest absolute Gasteiger partial charge is 0.127 e. The van der Waals surface area contributed by atoms with Crippen LogP contribution < -0.4 is 5.32 Å². The van der Waals surface area contributed by atoms with Crippen LogP contribution in [0.5, 0.6) is 0 Å². The van der Waals surface area contributed by atoms with Gasteiger partial charge in [-0.2, -0.15) is 5.26 Å². The van der Waals surface area contributed by atoms with Crippen molar-refractivity contribution in [1.29, 1.82) is 5.26 Å². The molecule has 1 fully saturated rings. The molecule has 2 rings (SSSR count). The molecule has 1 aromatic heterocycles. The fourth-order valence-electron chi connectivity index (χ4n) is 2.06. The molecule has 16 heavy (non-hydrogen) atoms. The van der Waals surface area contributed by atoms with Crippen molar-refractivity contribution in [2.24, 2.45) is 0 Å². The van der Waals surface area contributed by atoms with Crippen molar-refractivity contribution >= 4 is 21.7 Å². The summed E-state index contributed by atoms with van der Waals surface area (Å²) in [4.78, 5) is 4.27. The fraction of sp³-hybridized carbons (Fsp3) is 0.500. The van der Waals surface area contributed by atoms with Crippen molar-refractivity contribution in [3.8, 4) is 6.07 Å². The van der Waals surface area contributed by atoms with Gasteiger partial charge in [-0.25, -0.2) is 4.98 Å². The number of anilines is 1. The number of nitriles is 1. The van der Waals surface area contributed by atoms with Crippen LogP contribution in [0, 0.1) is 11.3 Å². The first-order valence-electron chi connectivity index (χ1n) is 5.62. The van der Waals surface area contributed by atoms with Crippen molar-refractivity contribution in [1.82, 2.24) is 4.98 Å². The molecule has 0 unspecified atom stereocenters. The van der Waals surface area contributed by atoms with E-state index in [1.165, 1.54) is 32.1 Å². The van der Waals surface area contributed by atoms with Crippen LogP contribution in [0.1, 0.15) is 37.7 Å². The zero-order valence-corrected chi connectivity index (χ0v) is 10.6. The third-order valence-corrected chi connectivity index (χ3v) is 3.56. The number of pyridine rings is 1. The standard InChI is InChI=1S/C12H14BrN3/c13-11-8-15-12(6-9(11)7-14)16-10-4-2-1-3-5-10/h6,8,10H,1-5H2,(H,15,16). The molecule has 3 nitrogen and oxygen atoms in total. The van der Waals surface area contributed by atoms with Gasteiger partial charge in [0.15, 0.2) is 0 Å². The number of nitrogens with one attached hydrogen (secondary N) is 1. The minimum atomic E-state index is 0.522. The summed E-state index contributed by atoms with van der Waals surface area (Å²) in [5.41, 5.74) is 0.633. The van der Waals surface area contributed by atoms with Gasteiger partial charge < -0.3 is 5.32 Å². The van der Waals surface area contributed by atoms with Crippen molar-refractivity contribution in [2.75, 3.05) is 5.32 Å². The molecular formula is C12H14BrN3. The van der Waals surface area contributed by atoms with Crippen LogP contribution in [-0.4, -0.2) is 11.0 Å². The number of halogens is 1. The fourth-order valence-corrected chi connectivity index (χ4v) is 2.36. The minimum Gasteiger partial charge on any atom is -0.367 e. The van der Waals surface area contributed by atoms with Gasteiger partial charge in [0.2, 0.25) is 0 Å². The maximum Gasteiger partial charge on any atom is 0.127 e. The second-order valence-electron chi connectivity index (χ2n) is 4.14. The zero-order valence-electron chi connectivity index (χ0n) is 9.04. The molecule has 0 atom stereocenters. The van der Waals surface area contributed by atoms with Gasteiger partial charge in [0.25, 0.3) is 0 Å².